The third kappa shape index (κ3) is 1.52. The molecule has 1 heterocycles. The fourth-order valence-corrected chi connectivity index (χ4v) is 2.04. The molecule has 0 spiro atoms. The highest BCUT2D eigenvalue weighted by Gasteiger charge is 2.19. The van der Waals surface area contributed by atoms with E-state index in [1.807, 2.05) is 0 Å². The van der Waals surface area contributed by atoms with Crippen LogP contribution in [0.4, 0.5) is 0 Å². The van der Waals surface area contributed by atoms with Gasteiger partial charge in [-0.15, -0.1) is 0 Å². The Balaban J connectivity index is 2.16. The molecule has 76 valence electrons. The maximum atomic E-state index is 5.52. The summed E-state index contributed by atoms with van der Waals surface area (Å²) in [6, 6.07) is 14.7. The molecule has 0 radical (unpaired) electrons. The Morgan fingerprint density at radius 3 is 2.73 bits per heavy atom. The van der Waals surface area contributed by atoms with E-state index in [0.29, 0.717) is 13.4 Å². The third-order valence-electron chi connectivity index (χ3n) is 2.79. The quantitative estimate of drug-likeness (QED) is 0.704. The summed E-state index contributed by atoms with van der Waals surface area (Å²) >= 11 is 0. The molecule has 0 N–H and O–H groups in total. The van der Waals surface area contributed by atoms with E-state index in [1.165, 1.54) is 16.3 Å². The second-order valence-corrected chi connectivity index (χ2v) is 3.71. The van der Waals surface area contributed by atoms with Crippen LogP contribution < -0.4 is 0 Å². The number of hydrogen-bond donors (Lipinski definition) is 0. The van der Waals surface area contributed by atoms with Crippen LogP contribution in [0.2, 0.25) is 0 Å². The van der Waals surface area contributed by atoms with Crippen molar-refractivity contribution in [3.05, 3.63) is 48.0 Å². The first kappa shape index (κ1) is 8.89. The van der Waals surface area contributed by atoms with E-state index < -0.39 is 0 Å². The molecule has 2 aromatic carbocycles. The molecule has 1 saturated heterocycles. The molecule has 0 bridgehead atoms. The van der Waals surface area contributed by atoms with Crippen molar-refractivity contribution >= 4 is 10.8 Å². The lowest BCUT2D eigenvalue weighted by Crippen LogP contribution is -2.00. The van der Waals surface area contributed by atoms with Gasteiger partial charge in [0.2, 0.25) is 0 Å². The van der Waals surface area contributed by atoms with Crippen LogP contribution >= 0.6 is 0 Å². The molecule has 2 nitrogen and oxygen atoms in total. The zero-order valence-electron chi connectivity index (χ0n) is 8.35. The fourth-order valence-electron chi connectivity index (χ4n) is 2.04. The molecule has 2 aromatic rings. The molecule has 1 fully saturated rings. The molecule has 0 saturated carbocycles. The van der Waals surface area contributed by atoms with Gasteiger partial charge in [-0.1, -0.05) is 42.5 Å². The molecule has 0 aromatic heterocycles. The average molecular weight is 200 g/mol. The summed E-state index contributed by atoms with van der Waals surface area (Å²) < 4.78 is 10.8. The van der Waals surface area contributed by atoms with Crippen LogP contribution in [0.1, 0.15) is 11.7 Å². The summed E-state index contributed by atoms with van der Waals surface area (Å²) in [6.45, 7) is 1.07. The predicted molar refractivity (Wildman–Crippen MR) is 58.6 cm³/mol. The standard InChI is InChI=1S/C13H12O2/c1-2-6-11-10(4-1)5-3-7-12(11)13-8-14-9-15-13/h1-7,13H,8-9H2. The van der Waals surface area contributed by atoms with Gasteiger partial charge < -0.3 is 9.47 Å². The molecular weight excluding hydrogens is 188 g/mol. The first-order chi connectivity index (χ1) is 7.45. The number of rotatable bonds is 1. The number of fused-ring (bicyclic) bond motifs is 1. The van der Waals surface area contributed by atoms with E-state index >= 15 is 0 Å². The van der Waals surface area contributed by atoms with Gasteiger partial charge in [-0.2, -0.15) is 0 Å². The molecule has 1 atom stereocenters. The van der Waals surface area contributed by atoms with E-state index in [0.717, 1.165) is 0 Å². The Labute approximate surface area is 88.4 Å². The third-order valence-corrected chi connectivity index (χ3v) is 2.79. The van der Waals surface area contributed by atoms with Crippen LogP contribution in [-0.4, -0.2) is 13.4 Å². The summed E-state index contributed by atoms with van der Waals surface area (Å²) in [6.07, 6.45) is 0.0936. The van der Waals surface area contributed by atoms with Crippen molar-refractivity contribution < 1.29 is 9.47 Å². The molecule has 0 amide bonds. The molecule has 1 unspecified atom stereocenters. The predicted octanol–water partition coefficient (Wildman–Crippen LogP) is 2.89. The lowest BCUT2D eigenvalue weighted by molar-refractivity contribution is 0.0469. The second kappa shape index (κ2) is 3.65. The van der Waals surface area contributed by atoms with Crippen molar-refractivity contribution in [3.8, 4) is 0 Å². The fraction of sp³-hybridized carbons (Fsp3) is 0.231. The van der Waals surface area contributed by atoms with Gasteiger partial charge in [0.25, 0.3) is 0 Å². The number of hydrogen-bond acceptors (Lipinski definition) is 2. The van der Waals surface area contributed by atoms with Gasteiger partial charge >= 0.3 is 0 Å². The van der Waals surface area contributed by atoms with E-state index in [9.17, 15) is 0 Å². The minimum Gasteiger partial charge on any atom is -0.352 e. The number of ether oxygens (including phenoxy) is 2. The Morgan fingerprint density at radius 1 is 1.00 bits per heavy atom. The molecule has 1 aliphatic heterocycles. The number of benzene rings is 2. The van der Waals surface area contributed by atoms with Crippen molar-refractivity contribution in [1.29, 1.82) is 0 Å². The van der Waals surface area contributed by atoms with Crippen molar-refractivity contribution in [3.63, 3.8) is 0 Å². The van der Waals surface area contributed by atoms with Crippen molar-refractivity contribution in [1.82, 2.24) is 0 Å². The van der Waals surface area contributed by atoms with Crippen LogP contribution in [0.3, 0.4) is 0 Å². The maximum absolute atomic E-state index is 5.52. The molecular formula is C13H12O2. The minimum atomic E-state index is 0.0936. The highest BCUT2D eigenvalue weighted by molar-refractivity contribution is 5.86. The Kier molecular flexibility index (Phi) is 2.16. The highest BCUT2D eigenvalue weighted by Crippen LogP contribution is 2.29. The van der Waals surface area contributed by atoms with Gasteiger partial charge in [0.1, 0.15) is 12.9 Å². The van der Waals surface area contributed by atoms with Crippen LogP contribution in [0.15, 0.2) is 42.5 Å². The lowest BCUT2D eigenvalue weighted by Gasteiger charge is -2.10. The molecule has 1 aliphatic rings. The Hall–Kier alpha value is -1.38. The average Bonchev–Trinajstić information content (AvgIpc) is 2.82. The Bertz CT molecular complexity index is 467. The smallest absolute Gasteiger partial charge is 0.147 e. The van der Waals surface area contributed by atoms with Gasteiger partial charge in [-0.3, -0.25) is 0 Å². The summed E-state index contributed by atoms with van der Waals surface area (Å²) in [7, 11) is 0. The SMILES string of the molecule is c1ccc2c(C3COCO3)cccc2c1. The highest BCUT2D eigenvalue weighted by atomic mass is 16.7. The maximum Gasteiger partial charge on any atom is 0.147 e. The van der Waals surface area contributed by atoms with E-state index in [4.69, 9.17) is 9.47 Å². The lowest BCUT2D eigenvalue weighted by atomic mass is 10.0. The topological polar surface area (TPSA) is 18.5 Å². The van der Waals surface area contributed by atoms with Crippen LogP contribution in [-0.2, 0) is 9.47 Å². The van der Waals surface area contributed by atoms with Crippen LogP contribution in [0.5, 0.6) is 0 Å². The van der Waals surface area contributed by atoms with Crippen molar-refractivity contribution in [2.24, 2.45) is 0 Å². The molecule has 2 heteroatoms. The van der Waals surface area contributed by atoms with Gasteiger partial charge in [0.05, 0.1) is 6.61 Å². The molecule has 3 rings (SSSR count). The summed E-state index contributed by atoms with van der Waals surface area (Å²) in [4.78, 5) is 0. The van der Waals surface area contributed by atoms with E-state index in [2.05, 4.69) is 42.5 Å². The monoisotopic (exact) mass is 200 g/mol. The van der Waals surface area contributed by atoms with Crippen molar-refractivity contribution in [2.45, 2.75) is 6.10 Å². The van der Waals surface area contributed by atoms with Gasteiger partial charge in [0.15, 0.2) is 0 Å². The summed E-state index contributed by atoms with van der Waals surface area (Å²) in [5.41, 5.74) is 1.23. The molecule has 15 heavy (non-hydrogen) atoms. The van der Waals surface area contributed by atoms with Crippen LogP contribution in [0.25, 0.3) is 10.8 Å². The zero-order chi connectivity index (χ0) is 10.1. The van der Waals surface area contributed by atoms with Gasteiger partial charge in [-0.25, -0.2) is 0 Å². The first-order valence-electron chi connectivity index (χ1n) is 5.12. The normalized spacial score (nSPS) is 20.9. The van der Waals surface area contributed by atoms with Gasteiger partial charge in [-0.05, 0) is 16.3 Å². The summed E-state index contributed by atoms with van der Waals surface area (Å²) in [5, 5.41) is 2.51. The summed E-state index contributed by atoms with van der Waals surface area (Å²) in [5.74, 6) is 0. The van der Waals surface area contributed by atoms with E-state index in [-0.39, 0.29) is 6.10 Å². The molecule has 0 aliphatic carbocycles. The van der Waals surface area contributed by atoms with E-state index in [1.54, 1.807) is 0 Å². The second-order valence-electron chi connectivity index (χ2n) is 3.71. The van der Waals surface area contributed by atoms with Gasteiger partial charge in [0, 0.05) is 0 Å². The Morgan fingerprint density at radius 2 is 1.87 bits per heavy atom. The van der Waals surface area contributed by atoms with Crippen LogP contribution in [0, 0.1) is 0 Å². The minimum absolute atomic E-state index is 0.0936. The zero-order valence-corrected chi connectivity index (χ0v) is 8.35. The van der Waals surface area contributed by atoms with Crippen molar-refractivity contribution in [2.75, 3.05) is 13.4 Å². The first-order valence-corrected chi connectivity index (χ1v) is 5.12. The largest absolute Gasteiger partial charge is 0.352 e.